The predicted octanol–water partition coefficient (Wildman–Crippen LogP) is 1.07. The molecule has 0 atom stereocenters. The Morgan fingerprint density at radius 3 is 2.18 bits per heavy atom. The van der Waals surface area contributed by atoms with Gasteiger partial charge in [-0.1, -0.05) is 24.3 Å². The number of ketones is 1. The highest BCUT2D eigenvalue weighted by Gasteiger charge is 2.45. The topological polar surface area (TPSA) is 77.8 Å². The van der Waals surface area contributed by atoms with Crippen molar-refractivity contribution in [3.63, 3.8) is 0 Å². The van der Waals surface area contributed by atoms with Crippen LogP contribution in [0.2, 0.25) is 0 Å². The fraction of sp³-hybridized carbons (Fsp3) is 0.333. The Balaban J connectivity index is 2.14. The van der Waals surface area contributed by atoms with Crippen molar-refractivity contribution < 1.29 is 19.8 Å². The molecule has 1 amide bonds. The van der Waals surface area contributed by atoms with E-state index in [1.54, 1.807) is 24.3 Å². The number of benzene rings is 1. The summed E-state index contributed by atoms with van der Waals surface area (Å²) >= 11 is 0. The first kappa shape index (κ1) is 11.6. The van der Waals surface area contributed by atoms with Gasteiger partial charge in [-0.25, -0.2) is 4.79 Å². The average Bonchev–Trinajstić information content (AvgIpc) is 2.24. The number of hydrogen-bond acceptors (Lipinski definition) is 3. The van der Waals surface area contributed by atoms with Crippen LogP contribution in [0, 0.1) is 0 Å². The summed E-state index contributed by atoms with van der Waals surface area (Å²) in [4.78, 5) is 22.8. The molecule has 1 heterocycles. The molecule has 90 valence electrons. The van der Waals surface area contributed by atoms with E-state index in [0.717, 1.165) is 4.90 Å². The van der Waals surface area contributed by atoms with Crippen molar-refractivity contribution >= 4 is 11.9 Å². The normalized spacial score (nSPS) is 17.4. The van der Waals surface area contributed by atoms with E-state index in [-0.39, 0.29) is 18.9 Å². The molecule has 0 unspecified atom stereocenters. The number of Topliss-reactive ketones (excluding diaryl/α,β-unsaturated/α-hetero) is 1. The van der Waals surface area contributed by atoms with Crippen molar-refractivity contribution in [1.29, 1.82) is 0 Å². The molecular formula is C12H13NO4. The van der Waals surface area contributed by atoms with Gasteiger partial charge in [0.1, 0.15) is 5.60 Å². The lowest BCUT2D eigenvalue weighted by atomic mass is 9.86. The van der Waals surface area contributed by atoms with Crippen LogP contribution in [0.3, 0.4) is 0 Å². The van der Waals surface area contributed by atoms with E-state index >= 15 is 0 Å². The van der Waals surface area contributed by atoms with Crippen LogP contribution in [0.15, 0.2) is 24.3 Å². The molecule has 2 rings (SSSR count). The highest BCUT2D eigenvalue weighted by molar-refractivity contribution is 5.94. The Morgan fingerprint density at radius 2 is 1.76 bits per heavy atom. The second kappa shape index (κ2) is 3.85. The van der Waals surface area contributed by atoms with Crippen LogP contribution in [0.4, 0.5) is 4.79 Å². The third-order valence-corrected chi connectivity index (χ3v) is 3.00. The quantitative estimate of drug-likeness (QED) is 0.751. The van der Waals surface area contributed by atoms with Crippen molar-refractivity contribution in [2.75, 3.05) is 13.1 Å². The number of likely N-dealkylation sites (tertiary alicyclic amines) is 1. The first-order chi connectivity index (χ1) is 7.92. The first-order valence-corrected chi connectivity index (χ1v) is 5.24. The number of rotatable bonds is 2. The summed E-state index contributed by atoms with van der Waals surface area (Å²) in [6.45, 7) is 1.61. The fourth-order valence-electron chi connectivity index (χ4n) is 1.92. The standard InChI is InChI=1S/C12H13NO4/c1-8(14)9-2-4-10(5-3-9)12(17)6-13(7-12)11(15)16/h2-5,17H,6-7H2,1H3,(H,15,16). The molecule has 5 heteroatoms. The Kier molecular flexibility index (Phi) is 2.63. The smallest absolute Gasteiger partial charge is 0.407 e. The summed E-state index contributed by atoms with van der Waals surface area (Å²) in [7, 11) is 0. The Morgan fingerprint density at radius 1 is 1.24 bits per heavy atom. The van der Waals surface area contributed by atoms with E-state index in [1.165, 1.54) is 6.92 Å². The lowest BCUT2D eigenvalue weighted by molar-refractivity contribution is -0.0898. The van der Waals surface area contributed by atoms with Gasteiger partial charge in [0.15, 0.2) is 5.78 Å². The van der Waals surface area contributed by atoms with E-state index in [9.17, 15) is 14.7 Å². The predicted molar refractivity (Wildman–Crippen MR) is 59.9 cm³/mol. The molecule has 5 nitrogen and oxygen atoms in total. The van der Waals surface area contributed by atoms with Gasteiger partial charge in [0, 0.05) is 5.56 Å². The summed E-state index contributed by atoms with van der Waals surface area (Å²) in [5.74, 6) is -0.0377. The number of carbonyl (C=O) groups excluding carboxylic acids is 1. The van der Waals surface area contributed by atoms with Crippen molar-refractivity contribution in [3.8, 4) is 0 Å². The monoisotopic (exact) mass is 235 g/mol. The molecule has 1 aromatic carbocycles. The molecule has 0 saturated carbocycles. The lowest BCUT2D eigenvalue weighted by Gasteiger charge is -2.45. The zero-order valence-electron chi connectivity index (χ0n) is 9.38. The molecule has 1 aliphatic rings. The maximum absolute atomic E-state index is 11.1. The highest BCUT2D eigenvalue weighted by atomic mass is 16.4. The van der Waals surface area contributed by atoms with Gasteiger partial charge in [-0.05, 0) is 12.5 Å². The van der Waals surface area contributed by atoms with E-state index in [4.69, 9.17) is 5.11 Å². The minimum atomic E-state index is -1.12. The van der Waals surface area contributed by atoms with Crippen LogP contribution in [0.25, 0.3) is 0 Å². The van der Waals surface area contributed by atoms with Crippen LogP contribution in [0.5, 0.6) is 0 Å². The molecule has 0 aromatic heterocycles. The molecule has 1 saturated heterocycles. The van der Waals surface area contributed by atoms with Crippen molar-refractivity contribution in [2.45, 2.75) is 12.5 Å². The molecule has 1 fully saturated rings. The van der Waals surface area contributed by atoms with E-state index < -0.39 is 11.7 Å². The first-order valence-electron chi connectivity index (χ1n) is 5.24. The van der Waals surface area contributed by atoms with E-state index in [2.05, 4.69) is 0 Å². The molecule has 0 bridgehead atoms. The van der Waals surface area contributed by atoms with Crippen molar-refractivity contribution in [1.82, 2.24) is 4.90 Å². The molecule has 0 aliphatic carbocycles. The highest BCUT2D eigenvalue weighted by Crippen LogP contribution is 2.31. The zero-order valence-corrected chi connectivity index (χ0v) is 9.38. The number of carbonyl (C=O) groups is 2. The van der Waals surface area contributed by atoms with Gasteiger partial charge < -0.3 is 15.1 Å². The maximum atomic E-state index is 11.1. The second-order valence-corrected chi connectivity index (χ2v) is 4.30. The maximum Gasteiger partial charge on any atom is 0.407 e. The molecule has 17 heavy (non-hydrogen) atoms. The summed E-state index contributed by atoms with van der Waals surface area (Å²) in [6, 6.07) is 6.60. The van der Waals surface area contributed by atoms with Gasteiger partial charge in [0.2, 0.25) is 0 Å². The fourth-order valence-corrected chi connectivity index (χ4v) is 1.92. The van der Waals surface area contributed by atoms with Gasteiger partial charge in [-0.3, -0.25) is 4.79 Å². The van der Waals surface area contributed by atoms with Gasteiger partial charge in [-0.15, -0.1) is 0 Å². The molecule has 1 aromatic rings. The Bertz CT molecular complexity index is 460. The second-order valence-electron chi connectivity index (χ2n) is 4.30. The molecule has 2 N–H and O–H groups in total. The molecule has 0 spiro atoms. The van der Waals surface area contributed by atoms with Crippen LogP contribution < -0.4 is 0 Å². The average molecular weight is 235 g/mol. The van der Waals surface area contributed by atoms with Crippen LogP contribution in [-0.2, 0) is 5.60 Å². The van der Waals surface area contributed by atoms with Gasteiger partial charge >= 0.3 is 6.09 Å². The molecular weight excluding hydrogens is 222 g/mol. The molecule has 0 radical (unpaired) electrons. The summed E-state index contributed by atoms with van der Waals surface area (Å²) in [6.07, 6.45) is -1.03. The molecule has 1 aliphatic heterocycles. The SMILES string of the molecule is CC(=O)c1ccc(C2(O)CN(C(=O)O)C2)cc1. The number of hydrogen-bond donors (Lipinski definition) is 2. The summed E-state index contributed by atoms with van der Waals surface area (Å²) < 4.78 is 0. The Labute approximate surface area is 98.3 Å². The van der Waals surface area contributed by atoms with Crippen molar-refractivity contribution in [2.24, 2.45) is 0 Å². The third kappa shape index (κ3) is 2.01. The van der Waals surface area contributed by atoms with Crippen LogP contribution >= 0.6 is 0 Å². The van der Waals surface area contributed by atoms with Crippen LogP contribution in [0.1, 0.15) is 22.8 Å². The Hall–Kier alpha value is -1.88. The van der Waals surface area contributed by atoms with Crippen molar-refractivity contribution in [3.05, 3.63) is 35.4 Å². The third-order valence-electron chi connectivity index (χ3n) is 3.00. The zero-order chi connectivity index (χ0) is 12.6. The number of β-amino-alcohol motifs (C(OH)–C–C–N with tert-alkyl or cyclic N) is 1. The summed E-state index contributed by atoms with van der Waals surface area (Å²) in [5, 5.41) is 18.8. The van der Waals surface area contributed by atoms with Gasteiger partial charge in [-0.2, -0.15) is 0 Å². The van der Waals surface area contributed by atoms with Gasteiger partial charge in [0.05, 0.1) is 13.1 Å². The minimum absolute atomic E-state index is 0.0377. The van der Waals surface area contributed by atoms with Crippen LogP contribution in [-0.4, -0.2) is 40.1 Å². The summed E-state index contributed by atoms with van der Waals surface area (Å²) in [5.41, 5.74) is 0.0972. The van der Waals surface area contributed by atoms with Gasteiger partial charge in [0.25, 0.3) is 0 Å². The minimum Gasteiger partial charge on any atom is -0.465 e. The number of aliphatic hydroxyl groups is 1. The number of amides is 1. The number of carboxylic acid groups (broad SMARTS) is 1. The number of nitrogens with zero attached hydrogens (tertiary/aromatic N) is 1. The van der Waals surface area contributed by atoms with E-state index in [0.29, 0.717) is 11.1 Å². The van der Waals surface area contributed by atoms with E-state index in [1.807, 2.05) is 0 Å². The lowest BCUT2D eigenvalue weighted by Crippen LogP contribution is -2.60. The largest absolute Gasteiger partial charge is 0.465 e.